The van der Waals surface area contributed by atoms with E-state index in [1.807, 2.05) is 18.2 Å². The molecule has 4 heteroatoms. The van der Waals surface area contributed by atoms with Gasteiger partial charge in [0.25, 0.3) is 0 Å². The Morgan fingerprint density at radius 2 is 2.25 bits per heavy atom. The van der Waals surface area contributed by atoms with Gasteiger partial charge in [-0.1, -0.05) is 13.0 Å². The zero-order valence-electron chi connectivity index (χ0n) is 9.66. The van der Waals surface area contributed by atoms with Crippen molar-refractivity contribution < 1.29 is 4.79 Å². The Balaban J connectivity index is 2.81. The molecule has 1 aromatic rings. The molecule has 4 nitrogen and oxygen atoms in total. The molecule has 0 saturated heterocycles. The first kappa shape index (κ1) is 12.2. The molecule has 3 N–H and O–H groups in total. The first-order valence-corrected chi connectivity index (χ1v) is 5.32. The van der Waals surface area contributed by atoms with Gasteiger partial charge < -0.3 is 11.1 Å². The summed E-state index contributed by atoms with van der Waals surface area (Å²) < 4.78 is 0. The van der Waals surface area contributed by atoms with Gasteiger partial charge in [-0.15, -0.1) is 0 Å². The molecular weight excluding hydrogens is 202 g/mol. The summed E-state index contributed by atoms with van der Waals surface area (Å²) in [6, 6.07) is 7.30. The second kappa shape index (κ2) is 5.90. The van der Waals surface area contributed by atoms with Gasteiger partial charge in [0.2, 0.25) is 5.91 Å². The summed E-state index contributed by atoms with van der Waals surface area (Å²) in [4.78, 5) is 15.1. The molecule has 0 unspecified atom stereocenters. The SMILES string of the molecule is CCCC(N)=Nc1cccc(NC(C)=O)c1. The first-order chi connectivity index (χ1) is 7.61. The van der Waals surface area contributed by atoms with Crippen LogP contribution in [0.5, 0.6) is 0 Å². The highest BCUT2D eigenvalue weighted by atomic mass is 16.1. The number of aliphatic imine (C=N–C) groups is 1. The van der Waals surface area contributed by atoms with Crippen LogP contribution in [0.1, 0.15) is 26.7 Å². The molecule has 86 valence electrons. The number of benzene rings is 1. The zero-order chi connectivity index (χ0) is 12.0. The van der Waals surface area contributed by atoms with E-state index >= 15 is 0 Å². The summed E-state index contributed by atoms with van der Waals surface area (Å²) in [6.45, 7) is 3.53. The second-order valence-corrected chi connectivity index (χ2v) is 3.58. The number of anilines is 1. The maximum absolute atomic E-state index is 10.9. The van der Waals surface area contributed by atoms with Gasteiger partial charge in [0.05, 0.1) is 11.5 Å². The number of carbonyl (C=O) groups is 1. The molecular formula is C12H17N3O. The summed E-state index contributed by atoms with van der Waals surface area (Å²) in [5.41, 5.74) is 7.23. The molecule has 1 amide bonds. The minimum Gasteiger partial charge on any atom is -0.387 e. The molecule has 0 spiro atoms. The van der Waals surface area contributed by atoms with Crippen LogP contribution in [-0.2, 0) is 4.79 Å². The van der Waals surface area contributed by atoms with E-state index < -0.39 is 0 Å². The van der Waals surface area contributed by atoms with E-state index in [4.69, 9.17) is 5.73 Å². The average molecular weight is 219 g/mol. The number of amidine groups is 1. The number of nitrogens with two attached hydrogens (primary N) is 1. The molecule has 16 heavy (non-hydrogen) atoms. The number of nitrogens with one attached hydrogen (secondary N) is 1. The van der Waals surface area contributed by atoms with Crippen molar-refractivity contribution in [2.75, 3.05) is 5.32 Å². The number of hydrogen-bond acceptors (Lipinski definition) is 2. The molecule has 0 bridgehead atoms. The van der Waals surface area contributed by atoms with Crippen molar-refractivity contribution in [3.05, 3.63) is 24.3 Å². The molecule has 0 aliphatic carbocycles. The topological polar surface area (TPSA) is 67.5 Å². The molecule has 0 heterocycles. The Morgan fingerprint density at radius 3 is 2.88 bits per heavy atom. The maximum Gasteiger partial charge on any atom is 0.221 e. The van der Waals surface area contributed by atoms with E-state index in [-0.39, 0.29) is 5.91 Å². The highest BCUT2D eigenvalue weighted by Gasteiger charge is 1.97. The number of nitrogens with zero attached hydrogens (tertiary/aromatic N) is 1. The lowest BCUT2D eigenvalue weighted by molar-refractivity contribution is -0.114. The Bertz CT molecular complexity index is 399. The fourth-order valence-corrected chi connectivity index (χ4v) is 1.33. The molecule has 0 aliphatic heterocycles. The van der Waals surface area contributed by atoms with Crippen LogP contribution in [0.2, 0.25) is 0 Å². The van der Waals surface area contributed by atoms with Gasteiger partial charge in [-0.05, 0) is 24.6 Å². The van der Waals surface area contributed by atoms with Crippen LogP contribution < -0.4 is 11.1 Å². The third kappa shape index (κ3) is 4.13. The highest BCUT2D eigenvalue weighted by molar-refractivity contribution is 5.89. The van der Waals surface area contributed by atoms with Crippen molar-refractivity contribution in [1.29, 1.82) is 0 Å². The van der Waals surface area contributed by atoms with Gasteiger partial charge in [-0.2, -0.15) is 0 Å². The monoisotopic (exact) mass is 219 g/mol. The second-order valence-electron chi connectivity index (χ2n) is 3.58. The zero-order valence-corrected chi connectivity index (χ0v) is 9.66. The minimum absolute atomic E-state index is 0.0948. The molecule has 0 radical (unpaired) electrons. The van der Waals surface area contributed by atoms with Gasteiger partial charge in [0.1, 0.15) is 0 Å². The summed E-state index contributed by atoms with van der Waals surface area (Å²) >= 11 is 0. The Hall–Kier alpha value is -1.84. The largest absolute Gasteiger partial charge is 0.387 e. The van der Waals surface area contributed by atoms with Crippen LogP contribution in [0.25, 0.3) is 0 Å². The van der Waals surface area contributed by atoms with E-state index in [2.05, 4.69) is 17.2 Å². The van der Waals surface area contributed by atoms with Crippen LogP contribution >= 0.6 is 0 Å². The van der Waals surface area contributed by atoms with Gasteiger partial charge >= 0.3 is 0 Å². The average Bonchev–Trinajstić information content (AvgIpc) is 2.17. The Morgan fingerprint density at radius 1 is 1.50 bits per heavy atom. The van der Waals surface area contributed by atoms with Crippen molar-refractivity contribution >= 4 is 23.1 Å². The molecule has 0 aliphatic rings. The van der Waals surface area contributed by atoms with Crippen molar-refractivity contribution in [2.24, 2.45) is 10.7 Å². The number of amides is 1. The van der Waals surface area contributed by atoms with E-state index in [1.165, 1.54) is 6.92 Å². The molecule has 0 atom stereocenters. The summed E-state index contributed by atoms with van der Waals surface area (Å²) in [7, 11) is 0. The molecule has 0 aromatic heterocycles. The van der Waals surface area contributed by atoms with Crippen LogP contribution in [-0.4, -0.2) is 11.7 Å². The highest BCUT2D eigenvalue weighted by Crippen LogP contribution is 2.18. The van der Waals surface area contributed by atoms with Crippen LogP contribution in [0.15, 0.2) is 29.3 Å². The quantitative estimate of drug-likeness (QED) is 0.603. The summed E-state index contributed by atoms with van der Waals surface area (Å²) in [5.74, 6) is 0.519. The van der Waals surface area contributed by atoms with Crippen LogP contribution in [0.3, 0.4) is 0 Å². The van der Waals surface area contributed by atoms with Gasteiger partial charge in [0.15, 0.2) is 0 Å². The Labute approximate surface area is 95.6 Å². The number of hydrogen-bond donors (Lipinski definition) is 2. The smallest absolute Gasteiger partial charge is 0.221 e. The van der Waals surface area contributed by atoms with Gasteiger partial charge in [-0.25, -0.2) is 4.99 Å². The van der Waals surface area contributed by atoms with Crippen molar-refractivity contribution in [1.82, 2.24) is 0 Å². The lowest BCUT2D eigenvalue weighted by atomic mass is 10.2. The molecule has 1 aromatic carbocycles. The third-order valence-electron chi connectivity index (χ3n) is 1.95. The van der Waals surface area contributed by atoms with E-state index in [0.717, 1.165) is 24.2 Å². The molecule has 1 rings (SSSR count). The minimum atomic E-state index is -0.0948. The van der Waals surface area contributed by atoms with Crippen molar-refractivity contribution in [3.63, 3.8) is 0 Å². The van der Waals surface area contributed by atoms with E-state index in [9.17, 15) is 4.79 Å². The first-order valence-electron chi connectivity index (χ1n) is 5.32. The third-order valence-corrected chi connectivity index (χ3v) is 1.95. The van der Waals surface area contributed by atoms with Gasteiger partial charge in [-0.3, -0.25) is 4.79 Å². The fourth-order valence-electron chi connectivity index (χ4n) is 1.33. The summed E-state index contributed by atoms with van der Waals surface area (Å²) in [5, 5.41) is 2.70. The molecule has 0 fully saturated rings. The fraction of sp³-hybridized carbons (Fsp3) is 0.333. The lowest BCUT2D eigenvalue weighted by Gasteiger charge is -2.03. The Kier molecular flexibility index (Phi) is 4.51. The van der Waals surface area contributed by atoms with Crippen molar-refractivity contribution in [2.45, 2.75) is 26.7 Å². The predicted molar refractivity (Wildman–Crippen MR) is 66.9 cm³/mol. The maximum atomic E-state index is 10.9. The van der Waals surface area contributed by atoms with Crippen LogP contribution in [0.4, 0.5) is 11.4 Å². The standard InChI is InChI=1S/C12H17N3O/c1-3-5-12(13)15-11-7-4-6-10(8-11)14-9(2)16/h4,6-8H,3,5H2,1-2H3,(H2,13,15)(H,14,16). The van der Waals surface area contributed by atoms with Crippen molar-refractivity contribution in [3.8, 4) is 0 Å². The van der Waals surface area contributed by atoms with Crippen LogP contribution in [0, 0.1) is 0 Å². The van der Waals surface area contributed by atoms with E-state index in [0.29, 0.717) is 5.84 Å². The van der Waals surface area contributed by atoms with Gasteiger partial charge in [0, 0.05) is 19.0 Å². The predicted octanol–water partition coefficient (Wildman–Crippen LogP) is 2.43. The molecule has 0 saturated carbocycles. The number of carbonyl (C=O) groups excluding carboxylic acids is 1. The summed E-state index contributed by atoms with van der Waals surface area (Å²) in [6.07, 6.45) is 1.76. The lowest BCUT2D eigenvalue weighted by Crippen LogP contribution is -2.10. The van der Waals surface area contributed by atoms with E-state index in [1.54, 1.807) is 6.07 Å². The normalized spacial score (nSPS) is 11.2. The number of rotatable bonds is 4.